The summed E-state index contributed by atoms with van der Waals surface area (Å²) in [6.07, 6.45) is 0. The van der Waals surface area contributed by atoms with Gasteiger partial charge in [-0.05, 0) is 6.07 Å². The van der Waals surface area contributed by atoms with Gasteiger partial charge in [-0.1, -0.05) is 15.9 Å². The van der Waals surface area contributed by atoms with Gasteiger partial charge in [-0.3, -0.25) is 0 Å². The molecular weight excluding hydrogens is 199 g/mol. The van der Waals surface area contributed by atoms with Crippen LogP contribution in [-0.4, -0.2) is 4.98 Å². The first-order valence-electron chi connectivity index (χ1n) is 2.45. The fourth-order valence-corrected chi connectivity index (χ4v) is 0.929. The molecule has 2 nitrogen and oxygen atoms in total. The Labute approximate surface area is 65.4 Å². The summed E-state index contributed by atoms with van der Waals surface area (Å²) in [4.78, 5) is 3.29. The van der Waals surface area contributed by atoms with Crippen molar-refractivity contribution in [1.29, 1.82) is 5.26 Å². The Balaban J connectivity index is 3.22. The number of pyridine rings is 1. The monoisotopic (exact) mass is 200 g/mol. The summed E-state index contributed by atoms with van der Waals surface area (Å²) in [5.74, 6) is -0.647. The van der Waals surface area contributed by atoms with Crippen LogP contribution in [0.5, 0.6) is 0 Å². The second-order valence-corrected chi connectivity index (χ2v) is 2.52. The molecule has 0 unspecified atom stereocenters. The zero-order chi connectivity index (χ0) is 7.56. The molecule has 4 heteroatoms. The second-order valence-electron chi connectivity index (χ2n) is 1.61. The van der Waals surface area contributed by atoms with Crippen LogP contribution in [0.1, 0.15) is 5.69 Å². The Kier molecular flexibility index (Phi) is 1.97. The van der Waals surface area contributed by atoms with Crippen LogP contribution in [0, 0.1) is 17.3 Å². The van der Waals surface area contributed by atoms with Crippen molar-refractivity contribution in [2.75, 3.05) is 0 Å². The van der Waals surface area contributed by atoms with E-state index < -0.39 is 5.95 Å². The van der Waals surface area contributed by atoms with E-state index in [2.05, 4.69) is 20.9 Å². The largest absolute Gasteiger partial charge is 0.215 e. The van der Waals surface area contributed by atoms with Crippen LogP contribution in [0.25, 0.3) is 0 Å². The van der Waals surface area contributed by atoms with Crippen molar-refractivity contribution < 1.29 is 4.39 Å². The highest BCUT2D eigenvalue weighted by Gasteiger charge is 1.97. The van der Waals surface area contributed by atoms with Crippen LogP contribution in [-0.2, 0) is 0 Å². The van der Waals surface area contributed by atoms with Gasteiger partial charge in [-0.25, -0.2) is 4.98 Å². The van der Waals surface area contributed by atoms with Gasteiger partial charge in [0.2, 0.25) is 5.95 Å². The van der Waals surface area contributed by atoms with Gasteiger partial charge in [-0.2, -0.15) is 9.65 Å². The third-order valence-electron chi connectivity index (χ3n) is 0.873. The van der Waals surface area contributed by atoms with Gasteiger partial charge in [0.15, 0.2) is 0 Å². The van der Waals surface area contributed by atoms with Gasteiger partial charge in [0, 0.05) is 10.5 Å². The molecular formula is C6H2BrFN2. The van der Waals surface area contributed by atoms with Crippen LogP contribution >= 0.6 is 15.9 Å². The molecule has 0 aliphatic rings. The van der Waals surface area contributed by atoms with E-state index in [1.807, 2.05) is 0 Å². The van der Waals surface area contributed by atoms with E-state index in [-0.39, 0.29) is 5.69 Å². The lowest BCUT2D eigenvalue weighted by atomic mass is 10.4. The first-order valence-corrected chi connectivity index (χ1v) is 3.25. The first-order chi connectivity index (χ1) is 4.72. The number of nitrogens with zero attached hydrogens (tertiary/aromatic N) is 2. The number of rotatable bonds is 0. The maximum absolute atomic E-state index is 12.3. The summed E-state index contributed by atoms with van der Waals surface area (Å²) in [7, 11) is 0. The summed E-state index contributed by atoms with van der Waals surface area (Å²) in [5.41, 5.74) is 0.0758. The van der Waals surface area contributed by atoms with E-state index in [9.17, 15) is 4.39 Å². The molecule has 0 bridgehead atoms. The summed E-state index contributed by atoms with van der Waals surface area (Å²) in [6, 6.07) is 4.37. The molecule has 1 aromatic rings. The smallest absolute Gasteiger partial charge is 0.209 e. The molecule has 1 rings (SSSR count). The normalized spacial score (nSPS) is 8.90. The fourth-order valence-electron chi connectivity index (χ4n) is 0.523. The second kappa shape index (κ2) is 2.76. The molecule has 0 spiro atoms. The Morgan fingerprint density at radius 2 is 2.30 bits per heavy atom. The average molecular weight is 201 g/mol. The zero-order valence-corrected chi connectivity index (χ0v) is 6.39. The van der Waals surface area contributed by atoms with Gasteiger partial charge in [0.05, 0.1) is 0 Å². The lowest BCUT2D eigenvalue weighted by Crippen LogP contribution is -1.86. The van der Waals surface area contributed by atoms with E-state index in [1.54, 1.807) is 6.07 Å². The average Bonchev–Trinajstić information content (AvgIpc) is 1.85. The van der Waals surface area contributed by atoms with Crippen molar-refractivity contribution in [1.82, 2.24) is 4.98 Å². The molecule has 0 saturated carbocycles. The van der Waals surface area contributed by atoms with Gasteiger partial charge < -0.3 is 0 Å². The standard InChI is InChI=1S/C6H2BrFN2/c7-4-1-5(3-9)10-6(8)2-4/h1-2H. The van der Waals surface area contributed by atoms with Crippen molar-refractivity contribution in [3.8, 4) is 6.07 Å². The summed E-state index contributed by atoms with van der Waals surface area (Å²) in [6.45, 7) is 0. The van der Waals surface area contributed by atoms with E-state index in [0.29, 0.717) is 4.47 Å². The SMILES string of the molecule is N#Cc1cc(Br)cc(F)n1. The van der Waals surface area contributed by atoms with Crippen molar-refractivity contribution in [2.24, 2.45) is 0 Å². The minimum absolute atomic E-state index is 0.0758. The highest BCUT2D eigenvalue weighted by atomic mass is 79.9. The van der Waals surface area contributed by atoms with Crippen LogP contribution in [0.4, 0.5) is 4.39 Å². The molecule has 1 aromatic heterocycles. The highest BCUT2D eigenvalue weighted by molar-refractivity contribution is 9.10. The third-order valence-corrected chi connectivity index (χ3v) is 1.33. The lowest BCUT2D eigenvalue weighted by Gasteiger charge is -1.89. The van der Waals surface area contributed by atoms with Crippen LogP contribution in [0.15, 0.2) is 16.6 Å². The van der Waals surface area contributed by atoms with Crippen LogP contribution in [0.2, 0.25) is 0 Å². The molecule has 1 heterocycles. The Morgan fingerprint density at radius 1 is 1.60 bits per heavy atom. The van der Waals surface area contributed by atoms with Gasteiger partial charge in [0.25, 0.3) is 0 Å². The minimum atomic E-state index is -0.647. The Bertz CT molecular complexity index is 272. The molecule has 0 fully saturated rings. The highest BCUT2D eigenvalue weighted by Crippen LogP contribution is 2.10. The van der Waals surface area contributed by atoms with Crippen molar-refractivity contribution in [3.05, 3.63) is 28.2 Å². The molecule has 0 aliphatic heterocycles. The van der Waals surface area contributed by atoms with Crippen molar-refractivity contribution in [3.63, 3.8) is 0 Å². The number of aromatic nitrogens is 1. The van der Waals surface area contributed by atoms with Gasteiger partial charge in [-0.15, -0.1) is 0 Å². The Hall–Kier alpha value is -0.950. The number of halogens is 2. The molecule has 10 heavy (non-hydrogen) atoms. The molecule has 0 saturated heterocycles. The number of hydrogen-bond donors (Lipinski definition) is 0. The molecule has 0 amide bonds. The van der Waals surface area contributed by atoms with E-state index in [1.165, 1.54) is 12.1 Å². The molecule has 0 aliphatic carbocycles. The van der Waals surface area contributed by atoms with E-state index in [4.69, 9.17) is 5.26 Å². The maximum atomic E-state index is 12.3. The van der Waals surface area contributed by atoms with E-state index >= 15 is 0 Å². The van der Waals surface area contributed by atoms with Crippen LogP contribution in [0.3, 0.4) is 0 Å². The summed E-state index contributed by atoms with van der Waals surface area (Å²) in [5, 5.41) is 8.29. The lowest BCUT2D eigenvalue weighted by molar-refractivity contribution is 0.581. The first kappa shape index (κ1) is 7.16. The maximum Gasteiger partial charge on any atom is 0.215 e. The summed E-state index contributed by atoms with van der Waals surface area (Å²) >= 11 is 3.02. The number of nitriles is 1. The zero-order valence-electron chi connectivity index (χ0n) is 4.81. The molecule has 0 N–H and O–H groups in total. The van der Waals surface area contributed by atoms with Gasteiger partial charge >= 0.3 is 0 Å². The van der Waals surface area contributed by atoms with Crippen molar-refractivity contribution >= 4 is 15.9 Å². The topological polar surface area (TPSA) is 36.7 Å². The molecule has 0 atom stereocenters. The van der Waals surface area contributed by atoms with Crippen molar-refractivity contribution in [2.45, 2.75) is 0 Å². The number of hydrogen-bond acceptors (Lipinski definition) is 2. The molecule has 0 aromatic carbocycles. The summed E-state index contributed by atoms with van der Waals surface area (Å²) < 4.78 is 12.8. The third kappa shape index (κ3) is 1.52. The Morgan fingerprint density at radius 3 is 2.80 bits per heavy atom. The van der Waals surface area contributed by atoms with E-state index in [0.717, 1.165) is 0 Å². The molecule has 50 valence electrons. The van der Waals surface area contributed by atoms with Crippen LogP contribution < -0.4 is 0 Å². The minimum Gasteiger partial charge on any atom is -0.209 e. The fraction of sp³-hybridized carbons (Fsp3) is 0. The predicted octanol–water partition coefficient (Wildman–Crippen LogP) is 1.85. The molecule has 0 radical (unpaired) electrons. The predicted molar refractivity (Wildman–Crippen MR) is 36.6 cm³/mol. The van der Waals surface area contributed by atoms with Gasteiger partial charge in [0.1, 0.15) is 11.8 Å². The quantitative estimate of drug-likeness (QED) is 0.600.